The summed E-state index contributed by atoms with van der Waals surface area (Å²) in [4.78, 5) is 47.2. The molecule has 8 nitrogen and oxygen atoms in total. The normalized spacial score (nSPS) is 19.7. The average Bonchev–Trinajstić information content (AvgIpc) is 3.31. The summed E-state index contributed by atoms with van der Waals surface area (Å²) in [6.07, 6.45) is 2.29. The van der Waals surface area contributed by atoms with Crippen LogP contribution < -0.4 is 5.56 Å². The van der Waals surface area contributed by atoms with Crippen LogP contribution in [0.25, 0.3) is 5.65 Å². The van der Waals surface area contributed by atoms with Crippen LogP contribution in [0.1, 0.15) is 77.4 Å². The molecular formula is C23H33N5O3. The minimum absolute atomic E-state index is 0.0668. The van der Waals surface area contributed by atoms with E-state index in [0.717, 1.165) is 25.1 Å². The molecule has 0 bridgehead atoms. The van der Waals surface area contributed by atoms with Crippen LogP contribution in [0, 0.1) is 10.8 Å². The van der Waals surface area contributed by atoms with Crippen LogP contribution in [-0.2, 0) is 22.6 Å². The number of amides is 2. The van der Waals surface area contributed by atoms with Gasteiger partial charge in [0.25, 0.3) is 5.56 Å². The fourth-order valence-corrected chi connectivity index (χ4v) is 4.59. The summed E-state index contributed by atoms with van der Waals surface area (Å²) in [6.45, 7) is 13.1. The number of carbonyl (C=O) groups is 2. The van der Waals surface area contributed by atoms with E-state index in [0.29, 0.717) is 36.4 Å². The maximum absolute atomic E-state index is 13.2. The van der Waals surface area contributed by atoms with Crippen molar-refractivity contribution in [3.05, 3.63) is 33.4 Å². The van der Waals surface area contributed by atoms with Gasteiger partial charge in [-0.15, -0.1) is 0 Å². The number of carbonyl (C=O) groups excluding carboxylic acids is 2. The highest BCUT2D eigenvalue weighted by Crippen LogP contribution is 2.35. The molecule has 168 valence electrons. The van der Waals surface area contributed by atoms with Crippen molar-refractivity contribution in [1.29, 1.82) is 0 Å². The van der Waals surface area contributed by atoms with Crippen LogP contribution >= 0.6 is 0 Å². The van der Waals surface area contributed by atoms with Gasteiger partial charge in [-0.1, -0.05) is 41.5 Å². The van der Waals surface area contributed by atoms with Gasteiger partial charge in [0.1, 0.15) is 0 Å². The number of hydrogen-bond donors (Lipinski definition) is 1. The Bertz CT molecular complexity index is 1100. The number of nitrogens with zero attached hydrogens (tertiary/aromatic N) is 4. The first kappa shape index (κ1) is 21.6. The maximum Gasteiger partial charge on any atom is 0.276 e. The maximum atomic E-state index is 13.2. The molecule has 2 aromatic rings. The smallest absolute Gasteiger partial charge is 0.276 e. The third-order valence-corrected chi connectivity index (χ3v) is 6.23. The Morgan fingerprint density at radius 3 is 2.39 bits per heavy atom. The van der Waals surface area contributed by atoms with Gasteiger partial charge in [0.05, 0.1) is 24.0 Å². The molecule has 4 heterocycles. The van der Waals surface area contributed by atoms with Gasteiger partial charge < -0.3 is 9.80 Å². The number of nitrogens with one attached hydrogen (secondary N) is 1. The minimum Gasteiger partial charge on any atom is -0.336 e. The first-order valence-electron chi connectivity index (χ1n) is 11.1. The quantitative estimate of drug-likeness (QED) is 0.758. The Labute approximate surface area is 182 Å². The molecule has 0 aromatic carbocycles. The molecule has 0 aliphatic carbocycles. The lowest BCUT2D eigenvalue weighted by atomic mass is 9.93. The number of hydrogen-bond acceptors (Lipinski definition) is 4. The summed E-state index contributed by atoms with van der Waals surface area (Å²) in [7, 11) is 0. The Morgan fingerprint density at radius 1 is 1.06 bits per heavy atom. The molecule has 31 heavy (non-hydrogen) atoms. The Balaban J connectivity index is 1.69. The van der Waals surface area contributed by atoms with Gasteiger partial charge in [0.15, 0.2) is 5.65 Å². The van der Waals surface area contributed by atoms with Gasteiger partial charge in [0.2, 0.25) is 11.8 Å². The third kappa shape index (κ3) is 3.77. The molecule has 2 aromatic heterocycles. The highest BCUT2D eigenvalue weighted by molar-refractivity contribution is 5.82. The van der Waals surface area contributed by atoms with Crippen molar-refractivity contribution in [3.63, 3.8) is 0 Å². The lowest BCUT2D eigenvalue weighted by Crippen LogP contribution is -2.44. The van der Waals surface area contributed by atoms with E-state index in [-0.39, 0.29) is 23.4 Å². The molecule has 0 radical (unpaired) electrons. The minimum atomic E-state index is -0.469. The van der Waals surface area contributed by atoms with Crippen LogP contribution in [-0.4, -0.2) is 49.3 Å². The number of likely N-dealkylation sites (tertiary alicyclic amines) is 1. The average molecular weight is 428 g/mol. The number of fused-ring (bicyclic) bond motifs is 2. The van der Waals surface area contributed by atoms with Crippen LogP contribution in [0.15, 0.2) is 10.9 Å². The van der Waals surface area contributed by atoms with E-state index in [9.17, 15) is 14.4 Å². The molecule has 4 rings (SSSR count). The molecule has 0 spiro atoms. The molecule has 2 amide bonds. The van der Waals surface area contributed by atoms with Crippen molar-refractivity contribution < 1.29 is 9.59 Å². The summed E-state index contributed by atoms with van der Waals surface area (Å²) >= 11 is 0. The van der Waals surface area contributed by atoms with E-state index in [2.05, 4.69) is 5.10 Å². The monoisotopic (exact) mass is 427 g/mol. The van der Waals surface area contributed by atoms with E-state index in [4.69, 9.17) is 4.98 Å². The third-order valence-electron chi connectivity index (χ3n) is 6.23. The van der Waals surface area contributed by atoms with Crippen LogP contribution in [0.2, 0.25) is 0 Å². The zero-order chi connectivity index (χ0) is 22.7. The van der Waals surface area contributed by atoms with Gasteiger partial charge >= 0.3 is 0 Å². The SMILES string of the molecule is CC(C)(C)C(=O)N1CCc2c(nc3cc(C4CCCN4C(=O)C(C)(C)C)[nH]n3c2=O)C1. The molecular weight excluding hydrogens is 394 g/mol. The van der Waals surface area contributed by atoms with Crippen molar-refractivity contribution in [3.8, 4) is 0 Å². The lowest BCUT2D eigenvalue weighted by molar-refractivity contribution is -0.141. The number of rotatable bonds is 1. The molecule has 1 atom stereocenters. The second-order valence-electron chi connectivity index (χ2n) is 10.9. The van der Waals surface area contributed by atoms with Crippen molar-refractivity contribution in [2.45, 2.75) is 73.4 Å². The van der Waals surface area contributed by atoms with Gasteiger partial charge in [-0.3, -0.25) is 19.5 Å². The zero-order valence-electron chi connectivity index (χ0n) is 19.4. The predicted molar refractivity (Wildman–Crippen MR) is 118 cm³/mol. The van der Waals surface area contributed by atoms with Crippen LogP contribution in [0.5, 0.6) is 0 Å². The van der Waals surface area contributed by atoms with Gasteiger partial charge in [-0.25, -0.2) is 9.50 Å². The van der Waals surface area contributed by atoms with Crippen molar-refractivity contribution in [1.82, 2.24) is 24.4 Å². The van der Waals surface area contributed by atoms with Gasteiger partial charge in [-0.2, -0.15) is 0 Å². The fraction of sp³-hybridized carbons (Fsp3) is 0.652. The number of H-pyrrole nitrogens is 1. The predicted octanol–water partition coefficient (Wildman–Crippen LogP) is 2.66. The number of aromatic amines is 1. The summed E-state index contributed by atoms with van der Waals surface area (Å²) in [5.74, 6) is 0.182. The molecule has 0 saturated carbocycles. The van der Waals surface area contributed by atoms with Gasteiger partial charge in [0, 0.05) is 35.5 Å². The van der Waals surface area contributed by atoms with E-state index in [1.165, 1.54) is 4.52 Å². The van der Waals surface area contributed by atoms with Crippen molar-refractivity contribution in [2.75, 3.05) is 13.1 Å². The van der Waals surface area contributed by atoms with E-state index < -0.39 is 10.8 Å². The molecule has 1 saturated heterocycles. The summed E-state index contributed by atoms with van der Waals surface area (Å²) in [6, 6.07) is 1.80. The first-order valence-corrected chi connectivity index (χ1v) is 11.1. The summed E-state index contributed by atoms with van der Waals surface area (Å²) < 4.78 is 1.49. The van der Waals surface area contributed by atoms with Crippen LogP contribution in [0.3, 0.4) is 0 Å². The Hall–Kier alpha value is -2.64. The highest BCUT2D eigenvalue weighted by Gasteiger charge is 2.37. The van der Waals surface area contributed by atoms with Crippen molar-refractivity contribution in [2.24, 2.45) is 10.8 Å². The van der Waals surface area contributed by atoms with Crippen molar-refractivity contribution >= 4 is 17.5 Å². The molecule has 1 fully saturated rings. The fourth-order valence-electron chi connectivity index (χ4n) is 4.59. The molecule has 2 aliphatic rings. The van der Waals surface area contributed by atoms with E-state index in [1.54, 1.807) is 4.90 Å². The first-order chi connectivity index (χ1) is 14.4. The molecule has 1 N–H and O–H groups in total. The second kappa shape index (κ2) is 7.21. The number of aromatic nitrogens is 3. The molecule has 2 aliphatic heterocycles. The van der Waals surface area contributed by atoms with E-state index in [1.807, 2.05) is 52.5 Å². The summed E-state index contributed by atoms with van der Waals surface area (Å²) in [5.41, 5.74) is 1.69. The zero-order valence-corrected chi connectivity index (χ0v) is 19.4. The Morgan fingerprint density at radius 2 is 1.74 bits per heavy atom. The summed E-state index contributed by atoms with van der Waals surface area (Å²) in [5, 5.41) is 3.22. The lowest BCUT2D eigenvalue weighted by Gasteiger charge is -2.32. The van der Waals surface area contributed by atoms with Crippen LogP contribution in [0.4, 0.5) is 0 Å². The topological polar surface area (TPSA) is 90.8 Å². The molecule has 8 heteroatoms. The van der Waals surface area contributed by atoms with E-state index >= 15 is 0 Å². The van der Waals surface area contributed by atoms with Gasteiger partial charge in [-0.05, 0) is 19.3 Å². The highest BCUT2D eigenvalue weighted by atomic mass is 16.2. The largest absolute Gasteiger partial charge is 0.336 e. The standard InChI is InChI=1S/C23H33N5O3/c1-22(2,3)20(30)26-11-9-14-16(13-26)24-18-12-15(25-28(18)19(14)29)17-8-7-10-27(17)21(31)23(4,5)6/h12,17,25H,7-11,13H2,1-6H3. The second-order valence-corrected chi connectivity index (χ2v) is 10.9. The Kier molecular flexibility index (Phi) is 5.02. The molecule has 1 unspecified atom stereocenters.